The fourth-order valence-electron chi connectivity index (χ4n) is 4.10. The summed E-state index contributed by atoms with van der Waals surface area (Å²) in [6.07, 6.45) is 2.26. The third-order valence-electron chi connectivity index (χ3n) is 5.80. The second kappa shape index (κ2) is 9.76. The van der Waals surface area contributed by atoms with E-state index in [4.69, 9.17) is 10.00 Å². The van der Waals surface area contributed by atoms with E-state index in [2.05, 4.69) is 11.0 Å². The predicted molar refractivity (Wildman–Crippen MR) is 122 cm³/mol. The van der Waals surface area contributed by atoms with Gasteiger partial charge < -0.3 is 4.74 Å². The molecule has 1 aliphatic heterocycles. The van der Waals surface area contributed by atoms with Crippen LogP contribution in [0.25, 0.3) is 11.1 Å². The molecule has 3 aromatic rings. The molecule has 4 nitrogen and oxygen atoms in total. The van der Waals surface area contributed by atoms with E-state index < -0.39 is 0 Å². The number of benzene rings is 3. The number of nitriles is 1. The molecule has 1 saturated heterocycles. The summed E-state index contributed by atoms with van der Waals surface area (Å²) in [6, 6.07) is 19.5. The largest absolute Gasteiger partial charge is 0.488 e. The zero-order valence-electron chi connectivity index (χ0n) is 18.1. The summed E-state index contributed by atoms with van der Waals surface area (Å²) in [7, 11) is 0. The quantitative estimate of drug-likeness (QED) is 0.464. The Bertz CT molecular complexity index is 1180. The highest BCUT2D eigenvalue weighted by Gasteiger charge is 2.19. The van der Waals surface area contributed by atoms with Gasteiger partial charge in [-0.1, -0.05) is 18.2 Å². The van der Waals surface area contributed by atoms with E-state index in [-0.39, 0.29) is 18.2 Å². The van der Waals surface area contributed by atoms with Crippen molar-refractivity contribution >= 4 is 5.78 Å². The first kappa shape index (κ1) is 21.7. The molecule has 0 unspecified atom stereocenters. The van der Waals surface area contributed by atoms with E-state index in [1.165, 1.54) is 12.1 Å². The van der Waals surface area contributed by atoms with Gasteiger partial charge in [-0.2, -0.15) is 5.26 Å². The minimum atomic E-state index is -0.302. The number of Topliss-reactive ketones (excluding diaryl/α,β-unsaturated/α-hetero) is 1. The van der Waals surface area contributed by atoms with Crippen molar-refractivity contribution < 1.29 is 13.9 Å². The molecular weight excluding hydrogens is 403 g/mol. The molecule has 1 heterocycles. The zero-order chi connectivity index (χ0) is 22.5. The highest BCUT2D eigenvalue weighted by atomic mass is 19.1. The molecule has 4 rings (SSSR count). The first-order valence-corrected chi connectivity index (χ1v) is 10.8. The standard InChI is InChI=1S/C27H25FN2O2/c1-19-13-23(28)8-9-24(19)25-15-22(26(31)17-30-11-2-3-12-30)7-10-27(25)32-18-21-6-4-5-20(14-21)16-29/h4-10,13-15H,2-3,11-12,17-18H2,1H3. The molecule has 0 aromatic heterocycles. The number of hydrogen-bond donors (Lipinski definition) is 0. The smallest absolute Gasteiger partial charge is 0.176 e. The molecule has 5 heteroatoms. The molecule has 0 bridgehead atoms. The van der Waals surface area contributed by atoms with Gasteiger partial charge in [-0.05, 0) is 92.0 Å². The molecule has 0 spiro atoms. The summed E-state index contributed by atoms with van der Waals surface area (Å²) in [6.45, 7) is 4.45. The van der Waals surface area contributed by atoms with Crippen LogP contribution in [0.15, 0.2) is 60.7 Å². The van der Waals surface area contributed by atoms with Gasteiger partial charge in [0.15, 0.2) is 5.78 Å². The number of hydrogen-bond acceptors (Lipinski definition) is 4. The van der Waals surface area contributed by atoms with Crippen molar-refractivity contribution in [1.29, 1.82) is 5.26 Å². The van der Waals surface area contributed by atoms with E-state index in [9.17, 15) is 9.18 Å². The minimum Gasteiger partial charge on any atom is -0.488 e. The van der Waals surface area contributed by atoms with Gasteiger partial charge in [-0.15, -0.1) is 0 Å². The molecule has 0 amide bonds. The highest BCUT2D eigenvalue weighted by Crippen LogP contribution is 2.34. The fraction of sp³-hybridized carbons (Fsp3) is 0.259. The number of likely N-dealkylation sites (tertiary alicyclic amines) is 1. The Morgan fingerprint density at radius 3 is 2.62 bits per heavy atom. The van der Waals surface area contributed by atoms with E-state index >= 15 is 0 Å². The van der Waals surface area contributed by atoms with Crippen molar-refractivity contribution in [3.8, 4) is 22.9 Å². The van der Waals surface area contributed by atoms with Crippen LogP contribution in [0, 0.1) is 24.1 Å². The molecule has 0 saturated carbocycles. The van der Waals surface area contributed by atoms with Crippen LogP contribution in [0.5, 0.6) is 5.75 Å². The summed E-state index contributed by atoms with van der Waals surface area (Å²) in [5.41, 5.74) is 4.41. The maximum absolute atomic E-state index is 13.7. The second-order valence-corrected chi connectivity index (χ2v) is 8.18. The Morgan fingerprint density at radius 1 is 1.06 bits per heavy atom. The van der Waals surface area contributed by atoms with Crippen LogP contribution in [0.4, 0.5) is 4.39 Å². The van der Waals surface area contributed by atoms with Crippen LogP contribution in [0.3, 0.4) is 0 Å². The lowest BCUT2D eigenvalue weighted by molar-refractivity contribution is 0.0945. The van der Waals surface area contributed by atoms with E-state index in [1.807, 2.05) is 31.2 Å². The van der Waals surface area contributed by atoms with Crippen LogP contribution < -0.4 is 4.74 Å². The second-order valence-electron chi connectivity index (χ2n) is 8.18. The van der Waals surface area contributed by atoms with Crippen molar-refractivity contribution in [3.05, 3.63) is 88.7 Å². The normalized spacial score (nSPS) is 13.7. The van der Waals surface area contributed by atoms with Crippen molar-refractivity contribution in [1.82, 2.24) is 4.90 Å². The van der Waals surface area contributed by atoms with Crippen LogP contribution >= 0.6 is 0 Å². The third-order valence-corrected chi connectivity index (χ3v) is 5.80. The molecule has 0 radical (unpaired) electrons. The van der Waals surface area contributed by atoms with Gasteiger partial charge in [0.1, 0.15) is 18.2 Å². The summed E-state index contributed by atoms with van der Waals surface area (Å²) < 4.78 is 19.8. The van der Waals surface area contributed by atoms with Gasteiger partial charge >= 0.3 is 0 Å². The fourth-order valence-corrected chi connectivity index (χ4v) is 4.10. The lowest BCUT2D eigenvalue weighted by Crippen LogP contribution is -2.26. The topological polar surface area (TPSA) is 53.3 Å². The van der Waals surface area contributed by atoms with Crippen LogP contribution in [-0.2, 0) is 6.61 Å². The molecule has 0 atom stereocenters. The van der Waals surface area contributed by atoms with Crippen LogP contribution in [0.2, 0.25) is 0 Å². The van der Waals surface area contributed by atoms with E-state index in [0.717, 1.165) is 48.2 Å². The van der Waals surface area contributed by atoms with Gasteiger partial charge in [0.25, 0.3) is 0 Å². The number of nitrogens with zero attached hydrogens (tertiary/aromatic N) is 2. The Labute approximate surface area is 187 Å². The van der Waals surface area contributed by atoms with Crippen LogP contribution in [0.1, 0.15) is 39.9 Å². The number of ketones is 1. The number of ether oxygens (including phenoxy) is 1. The number of carbonyl (C=O) groups excluding carboxylic acids is 1. The molecule has 162 valence electrons. The summed E-state index contributed by atoms with van der Waals surface area (Å²) >= 11 is 0. The third kappa shape index (κ3) is 5.04. The minimum absolute atomic E-state index is 0.0705. The maximum atomic E-state index is 13.7. The molecule has 1 fully saturated rings. The van der Waals surface area contributed by atoms with Crippen molar-refractivity contribution in [2.75, 3.05) is 19.6 Å². The Balaban J connectivity index is 1.65. The molecular formula is C27H25FN2O2. The maximum Gasteiger partial charge on any atom is 0.176 e. The predicted octanol–water partition coefficient (Wildman–Crippen LogP) is 5.53. The van der Waals surface area contributed by atoms with Crippen LogP contribution in [-0.4, -0.2) is 30.3 Å². The molecule has 3 aromatic carbocycles. The monoisotopic (exact) mass is 428 g/mol. The average Bonchev–Trinajstić information content (AvgIpc) is 3.31. The molecule has 1 aliphatic rings. The first-order valence-electron chi connectivity index (χ1n) is 10.8. The number of aryl methyl sites for hydroxylation is 1. The van der Waals surface area contributed by atoms with Gasteiger partial charge in [-0.25, -0.2) is 4.39 Å². The van der Waals surface area contributed by atoms with E-state index in [1.54, 1.807) is 24.3 Å². The van der Waals surface area contributed by atoms with Crippen molar-refractivity contribution in [2.45, 2.75) is 26.4 Å². The van der Waals surface area contributed by atoms with Gasteiger partial charge in [0, 0.05) is 11.1 Å². The Morgan fingerprint density at radius 2 is 1.88 bits per heavy atom. The summed E-state index contributed by atoms with van der Waals surface area (Å²) in [5, 5.41) is 9.12. The number of carbonyl (C=O) groups is 1. The number of rotatable bonds is 7. The van der Waals surface area contributed by atoms with Gasteiger partial charge in [0.2, 0.25) is 0 Å². The van der Waals surface area contributed by atoms with E-state index in [0.29, 0.717) is 23.4 Å². The lowest BCUT2D eigenvalue weighted by Gasteiger charge is -2.17. The average molecular weight is 429 g/mol. The summed E-state index contributed by atoms with van der Waals surface area (Å²) in [5.74, 6) is 0.379. The molecule has 0 aliphatic carbocycles. The SMILES string of the molecule is Cc1cc(F)ccc1-c1cc(C(=O)CN2CCCC2)ccc1OCc1cccc(C#N)c1. The molecule has 0 N–H and O–H groups in total. The lowest BCUT2D eigenvalue weighted by atomic mass is 9.96. The number of halogens is 1. The summed E-state index contributed by atoms with van der Waals surface area (Å²) in [4.78, 5) is 15.1. The van der Waals surface area contributed by atoms with Gasteiger partial charge in [0.05, 0.1) is 18.2 Å². The zero-order valence-corrected chi connectivity index (χ0v) is 18.1. The Kier molecular flexibility index (Phi) is 6.63. The van der Waals surface area contributed by atoms with Gasteiger partial charge in [-0.3, -0.25) is 9.69 Å². The Hall–Kier alpha value is -3.49. The first-order chi connectivity index (χ1) is 15.5. The molecule has 32 heavy (non-hydrogen) atoms. The van der Waals surface area contributed by atoms with Crippen molar-refractivity contribution in [3.63, 3.8) is 0 Å². The van der Waals surface area contributed by atoms with Crippen molar-refractivity contribution in [2.24, 2.45) is 0 Å². The highest BCUT2D eigenvalue weighted by molar-refractivity contribution is 5.99.